The molecule has 8 heteroatoms. The highest BCUT2D eigenvalue weighted by Crippen LogP contribution is 2.25. The maximum absolute atomic E-state index is 13.1. The fourth-order valence-corrected chi connectivity index (χ4v) is 4.07. The van der Waals surface area contributed by atoms with Gasteiger partial charge in [0.05, 0.1) is 28.7 Å². The molecule has 0 aliphatic rings. The Morgan fingerprint density at radius 1 is 0.941 bits per heavy atom. The number of fused-ring (bicyclic) bond motifs is 1. The van der Waals surface area contributed by atoms with Crippen molar-refractivity contribution in [2.24, 2.45) is 5.10 Å². The third-order valence-electron chi connectivity index (χ3n) is 5.22. The molecule has 0 fully saturated rings. The lowest BCUT2D eigenvalue weighted by Crippen LogP contribution is -2.20. The zero-order valence-electron chi connectivity index (χ0n) is 19.0. The second kappa shape index (κ2) is 9.44. The Balaban J connectivity index is 1.65. The number of carbonyl (C=O) groups excluding carboxylic acids is 1. The minimum Gasteiger partial charge on any atom is -0.284 e. The predicted octanol–water partition coefficient (Wildman–Crippen LogP) is 4.74. The topological polar surface area (TPSA) is 101 Å². The molecule has 1 heterocycles. The third-order valence-corrected chi connectivity index (χ3v) is 5.82. The summed E-state index contributed by atoms with van der Waals surface area (Å²) in [5.41, 5.74) is 8.19. The second-order valence-electron chi connectivity index (χ2n) is 8.03. The first-order chi connectivity index (χ1) is 16.2. The van der Waals surface area contributed by atoms with Crippen LogP contribution in [0.1, 0.15) is 28.4 Å². The van der Waals surface area contributed by atoms with Gasteiger partial charge in [0, 0.05) is 16.6 Å². The highest BCUT2D eigenvalue weighted by atomic mass is 32.2. The summed E-state index contributed by atoms with van der Waals surface area (Å²) in [4.78, 5) is 17.9. The van der Waals surface area contributed by atoms with Crippen LogP contribution in [0.2, 0.25) is 0 Å². The van der Waals surface area contributed by atoms with Crippen molar-refractivity contribution in [3.63, 3.8) is 0 Å². The smallest absolute Gasteiger partial charge is 0.272 e. The molecular weight excluding hydrogens is 448 g/mol. The van der Waals surface area contributed by atoms with Gasteiger partial charge in [-0.2, -0.15) is 5.10 Å². The maximum Gasteiger partial charge on any atom is 0.272 e. The lowest BCUT2D eigenvalue weighted by Gasteiger charge is -2.10. The average Bonchev–Trinajstić information content (AvgIpc) is 2.81. The van der Waals surface area contributed by atoms with Crippen LogP contribution in [0.25, 0.3) is 22.2 Å². The number of rotatable bonds is 6. The molecular formula is C26H24N4O3S. The van der Waals surface area contributed by atoms with Gasteiger partial charge in [-0.05, 0) is 43.7 Å². The predicted molar refractivity (Wildman–Crippen MR) is 137 cm³/mol. The summed E-state index contributed by atoms with van der Waals surface area (Å²) in [6, 6.07) is 24.0. The number of sulfonamides is 1. The largest absolute Gasteiger partial charge is 0.284 e. The third kappa shape index (κ3) is 5.47. The van der Waals surface area contributed by atoms with Crippen molar-refractivity contribution < 1.29 is 13.2 Å². The van der Waals surface area contributed by atoms with Crippen LogP contribution in [-0.4, -0.2) is 31.3 Å². The molecule has 0 saturated heterocycles. The van der Waals surface area contributed by atoms with Crippen LogP contribution in [0.3, 0.4) is 0 Å². The van der Waals surface area contributed by atoms with E-state index >= 15 is 0 Å². The summed E-state index contributed by atoms with van der Waals surface area (Å²) in [7, 11) is -3.40. The molecule has 172 valence electrons. The van der Waals surface area contributed by atoms with Gasteiger partial charge in [0.25, 0.3) is 5.91 Å². The Bertz CT molecular complexity index is 1510. The number of aryl methyl sites for hydroxylation is 1. The molecule has 1 aromatic heterocycles. The van der Waals surface area contributed by atoms with Crippen LogP contribution in [0.15, 0.2) is 84.0 Å². The summed E-state index contributed by atoms with van der Waals surface area (Å²) < 4.78 is 25.4. The van der Waals surface area contributed by atoms with E-state index in [4.69, 9.17) is 4.98 Å². The van der Waals surface area contributed by atoms with E-state index in [0.717, 1.165) is 22.8 Å². The number of pyridine rings is 1. The molecule has 7 nitrogen and oxygen atoms in total. The summed E-state index contributed by atoms with van der Waals surface area (Å²) in [6.07, 6.45) is 1.09. The van der Waals surface area contributed by atoms with E-state index in [1.807, 2.05) is 55.5 Å². The van der Waals surface area contributed by atoms with Gasteiger partial charge in [-0.1, -0.05) is 60.2 Å². The van der Waals surface area contributed by atoms with Crippen LogP contribution >= 0.6 is 0 Å². The van der Waals surface area contributed by atoms with Crippen molar-refractivity contribution >= 4 is 38.2 Å². The molecule has 0 aliphatic carbocycles. The Hall–Kier alpha value is -4.04. The van der Waals surface area contributed by atoms with E-state index < -0.39 is 10.0 Å². The first-order valence-corrected chi connectivity index (χ1v) is 12.5. The van der Waals surface area contributed by atoms with Gasteiger partial charge in [0.1, 0.15) is 0 Å². The van der Waals surface area contributed by atoms with E-state index in [1.165, 1.54) is 0 Å². The molecule has 4 rings (SSSR count). The highest BCUT2D eigenvalue weighted by Gasteiger charge is 2.14. The number of nitrogens with one attached hydrogen (secondary N) is 2. The van der Waals surface area contributed by atoms with Crippen molar-refractivity contribution in [3.8, 4) is 11.3 Å². The van der Waals surface area contributed by atoms with Gasteiger partial charge in [0.15, 0.2) is 0 Å². The zero-order valence-corrected chi connectivity index (χ0v) is 19.8. The van der Waals surface area contributed by atoms with Gasteiger partial charge in [-0.15, -0.1) is 0 Å². The van der Waals surface area contributed by atoms with Crippen molar-refractivity contribution in [3.05, 3.63) is 95.6 Å². The molecule has 34 heavy (non-hydrogen) atoms. The van der Waals surface area contributed by atoms with Gasteiger partial charge in [-0.25, -0.2) is 18.8 Å². The fraction of sp³-hybridized carbons (Fsp3) is 0.115. The standard InChI is InChI=1S/C26H24N4O3S/c1-17-11-13-19(14-12-17)25-16-23(22-9-4-5-10-24(22)27-25)26(31)29-28-18(2)20-7-6-8-21(15-20)30-34(3,32)33/h4-16,30H,1-3H3,(H,29,31)/b28-18-. The Morgan fingerprint density at radius 2 is 1.68 bits per heavy atom. The Labute approximate surface area is 198 Å². The van der Waals surface area contributed by atoms with E-state index in [1.54, 1.807) is 37.3 Å². The van der Waals surface area contributed by atoms with Crippen molar-refractivity contribution in [1.29, 1.82) is 0 Å². The van der Waals surface area contributed by atoms with Crippen LogP contribution in [-0.2, 0) is 10.0 Å². The molecule has 2 N–H and O–H groups in total. The number of amides is 1. The van der Waals surface area contributed by atoms with Crippen LogP contribution in [0.4, 0.5) is 5.69 Å². The molecule has 0 atom stereocenters. The number of para-hydroxylation sites is 1. The van der Waals surface area contributed by atoms with Crippen LogP contribution < -0.4 is 10.1 Å². The molecule has 4 aromatic rings. The summed E-state index contributed by atoms with van der Waals surface area (Å²) in [5.74, 6) is -0.364. The Kier molecular flexibility index (Phi) is 6.43. The summed E-state index contributed by atoms with van der Waals surface area (Å²) >= 11 is 0. The number of nitrogens with zero attached hydrogens (tertiary/aromatic N) is 2. The van der Waals surface area contributed by atoms with Crippen LogP contribution in [0.5, 0.6) is 0 Å². The van der Waals surface area contributed by atoms with E-state index in [9.17, 15) is 13.2 Å². The second-order valence-corrected chi connectivity index (χ2v) is 9.78. The molecule has 0 bridgehead atoms. The number of hydrogen-bond donors (Lipinski definition) is 2. The molecule has 0 unspecified atom stereocenters. The number of hydrazone groups is 1. The minimum atomic E-state index is -3.40. The average molecular weight is 473 g/mol. The molecule has 0 spiro atoms. The van der Waals surface area contributed by atoms with Crippen molar-refractivity contribution in [2.45, 2.75) is 13.8 Å². The molecule has 0 radical (unpaired) electrons. The Morgan fingerprint density at radius 3 is 2.41 bits per heavy atom. The van der Waals surface area contributed by atoms with Gasteiger partial charge >= 0.3 is 0 Å². The minimum absolute atomic E-state index is 0.364. The number of hydrogen-bond acceptors (Lipinski definition) is 5. The maximum atomic E-state index is 13.1. The van der Waals surface area contributed by atoms with E-state index in [2.05, 4.69) is 15.2 Å². The van der Waals surface area contributed by atoms with E-state index in [0.29, 0.717) is 33.7 Å². The SMILES string of the molecule is C/C(=N/NC(=O)c1cc(-c2ccc(C)cc2)nc2ccccc12)c1cccc(NS(C)(=O)=O)c1. The monoisotopic (exact) mass is 472 g/mol. The number of benzene rings is 3. The molecule has 0 saturated carbocycles. The highest BCUT2D eigenvalue weighted by molar-refractivity contribution is 7.92. The summed E-state index contributed by atoms with van der Waals surface area (Å²) in [6.45, 7) is 3.76. The van der Waals surface area contributed by atoms with Gasteiger partial charge in [-0.3, -0.25) is 9.52 Å². The van der Waals surface area contributed by atoms with Gasteiger partial charge < -0.3 is 0 Å². The lowest BCUT2D eigenvalue weighted by molar-refractivity contribution is 0.0956. The first-order valence-electron chi connectivity index (χ1n) is 10.6. The molecule has 1 amide bonds. The fourth-order valence-electron chi connectivity index (χ4n) is 3.52. The first kappa shape index (κ1) is 23.1. The van der Waals surface area contributed by atoms with Crippen LogP contribution in [0, 0.1) is 6.92 Å². The van der Waals surface area contributed by atoms with Crippen molar-refractivity contribution in [2.75, 3.05) is 11.0 Å². The lowest BCUT2D eigenvalue weighted by atomic mass is 10.0. The zero-order chi connectivity index (χ0) is 24.3. The van der Waals surface area contributed by atoms with E-state index in [-0.39, 0.29) is 5.91 Å². The molecule has 0 aliphatic heterocycles. The summed E-state index contributed by atoms with van der Waals surface area (Å²) in [5, 5.41) is 4.97. The van der Waals surface area contributed by atoms with Crippen molar-refractivity contribution in [1.82, 2.24) is 10.4 Å². The number of anilines is 1. The number of carbonyl (C=O) groups is 1. The number of aromatic nitrogens is 1. The van der Waals surface area contributed by atoms with Gasteiger partial charge in [0.2, 0.25) is 10.0 Å². The molecule has 3 aromatic carbocycles. The normalized spacial score (nSPS) is 11.9. The quantitative estimate of drug-likeness (QED) is 0.313.